The van der Waals surface area contributed by atoms with E-state index in [9.17, 15) is 14.4 Å². The van der Waals surface area contributed by atoms with Crippen molar-refractivity contribution in [1.82, 2.24) is 5.32 Å². The lowest BCUT2D eigenvalue weighted by Gasteiger charge is -2.19. The number of amides is 2. The number of nitrogens with one attached hydrogen (secondary N) is 2. The minimum atomic E-state index is -0.604. The maximum atomic E-state index is 12.6. The molecule has 0 aromatic heterocycles. The SMILES string of the molecule is COc1cccc(NC(=O)COC(=O)C[C@H](NC(=O)c2ccccc2)c2ccccc2)c1. The van der Waals surface area contributed by atoms with E-state index < -0.39 is 24.5 Å². The normalized spacial score (nSPS) is 11.2. The molecule has 0 aliphatic carbocycles. The van der Waals surface area contributed by atoms with E-state index in [2.05, 4.69) is 10.6 Å². The number of methoxy groups -OCH3 is 1. The van der Waals surface area contributed by atoms with Gasteiger partial charge >= 0.3 is 5.97 Å². The molecule has 164 valence electrons. The summed E-state index contributed by atoms with van der Waals surface area (Å²) < 4.78 is 10.3. The molecule has 3 rings (SSSR count). The molecule has 1 atom stereocenters. The summed E-state index contributed by atoms with van der Waals surface area (Å²) in [4.78, 5) is 37.2. The van der Waals surface area contributed by atoms with Crippen LogP contribution in [0, 0.1) is 0 Å². The summed E-state index contributed by atoms with van der Waals surface area (Å²) >= 11 is 0. The quantitative estimate of drug-likeness (QED) is 0.503. The highest BCUT2D eigenvalue weighted by molar-refractivity contribution is 5.95. The first kappa shape index (κ1) is 22.6. The summed E-state index contributed by atoms with van der Waals surface area (Å²) in [5, 5.41) is 5.51. The van der Waals surface area contributed by atoms with Crippen LogP contribution in [0.4, 0.5) is 5.69 Å². The molecule has 0 heterocycles. The Morgan fingerprint density at radius 1 is 0.875 bits per heavy atom. The molecule has 0 saturated carbocycles. The lowest BCUT2D eigenvalue weighted by molar-refractivity contribution is -0.147. The molecule has 7 heteroatoms. The van der Waals surface area contributed by atoms with E-state index in [4.69, 9.17) is 9.47 Å². The largest absolute Gasteiger partial charge is 0.497 e. The zero-order valence-electron chi connectivity index (χ0n) is 17.6. The van der Waals surface area contributed by atoms with Gasteiger partial charge in [0, 0.05) is 17.3 Å². The number of ether oxygens (including phenoxy) is 2. The van der Waals surface area contributed by atoms with Gasteiger partial charge in [-0.05, 0) is 29.8 Å². The summed E-state index contributed by atoms with van der Waals surface area (Å²) in [6, 6.07) is 24.1. The summed E-state index contributed by atoms with van der Waals surface area (Å²) in [5.41, 5.74) is 1.77. The van der Waals surface area contributed by atoms with Crippen LogP contribution in [0.15, 0.2) is 84.9 Å². The maximum Gasteiger partial charge on any atom is 0.308 e. The van der Waals surface area contributed by atoms with E-state index in [1.165, 1.54) is 7.11 Å². The zero-order valence-corrected chi connectivity index (χ0v) is 17.6. The smallest absolute Gasteiger partial charge is 0.308 e. The van der Waals surface area contributed by atoms with E-state index in [1.54, 1.807) is 48.5 Å². The Morgan fingerprint density at radius 2 is 1.56 bits per heavy atom. The molecule has 0 unspecified atom stereocenters. The third-order valence-electron chi connectivity index (χ3n) is 4.63. The van der Waals surface area contributed by atoms with Crippen molar-refractivity contribution < 1.29 is 23.9 Å². The number of benzene rings is 3. The summed E-state index contributed by atoms with van der Waals surface area (Å²) in [6.45, 7) is -0.440. The van der Waals surface area contributed by atoms with Crippen LogP contribution in [0.3, 0.4) is 0 Å². The maximum absolute atomic E-state index is 12.6. The number of carbonyl (C=O) groups is 3. The van der Waals surface area contributed by atoms with Crippen LogP contribution in [-0.2, 0) is 14.3 Å². The molecule has 32 heavy (non-hydrogen) atoms. The van der Waals surface area contributed by atoms with Gasteiger partial charge in [-0.2, -0.15) is 0 Å². The monoisotopic (exact) mass is 432 g/mol. The van der Waals surface area contributed by atoms with E-state index in [-0.39, 0.29) is 12.3 Å². The van der Waals surface area contributed by atoms with Crippen molar-refractivity contribution in [3.05, 3.63) is 96.1 Å². The summed E-state index contributed by atoms with van der Waals surface area (Å²) in [5.74, 6) is -0.785. The van der Waals surface area contributed by atoms with Gasteiger partial charge < -0.3 is 20.1 Å². The second-order valence-electron chi connectivity index (χ2n) is 6.95. The molecule has 0 saturated heterocycles. The molecular formula is C25H24N2O5. The Bertz CT molecular complexity index is 1050. The van der Waals surface area contributed by atoms with E-state index >= 15 is 0 Å². The van der Waals surface area contributed by atoms with Gasteiger partial charge in [0.05, 0.1) is 19.6 Å². The highest BCUT2D eigenvalue weighted by Gasteiger charge is 2.20. The topological polar surface area (TPSA) is 93.7 Å². The minimum absolute atomic E-state index is 0.116. The fourth-order valence-corrected chi connectivity index (χ4v) is 3.04. The third-order valence-corrected chi connectivity index (χ3v) is 4.63. The number of rotatable bonds is 9. The van der Waals surface area contributed by atoms with Gasteiger partial charge in [-0.1, -0.05) is 54.6 Å². The number of carbonyl (C=O) groups excluding carboxylic acids is 3. The van der Waals surface area contributed by atoms with E-state index in [0.29, 0.717) is 17.0 Å². The molecule has 2 amide bonds. The van der Waals surface area contributed by atoms with Crippen LogP contribution in [0.2, 0.25) is 0 Å². The molecule has 7 nitrogen and oxygen atoms in total. The van der Waals surface area contributed by atoms with Gasteiger partial charge in [0.15, 0.2) is 6.61 Å². The Morgan fingerprint density at radius 3 is 2.25 bits per heavy atom. The number of anilines is 1. The zero-order chi connectivity index (χ0) is 22.8. The van der Waals surface area contributed by atoms with Crippen molar-refractivity contribution in [3.63, 3.8) is 0 Å². The highest BCUT2D eigenvalue weighted by atomic mass is 16.5. The van der Waals surface area contributed by atoms with Gasteiger partial charge in [-0.15, -0.1) is 0 Å². The average Bonchev–Trinajstić information content (AvgIpc) is 2.83. The Kier molecular flexibility index (Phi) is 7.97. The van der Waals surface area contributed by atoms with Crippen molar-refractivity contribution in [2.75, 3.05) is 19.0 Å². The molecule has 0 spiro atoms. The highest BCUT2D eigenvalue weighted by Crippen LogP contribution is 2.19. The third kappa shape index (κ3) is 6.70. The van der Waals surface area contributed by atoms with Crippen molar-refractivity contribution in [2.24, 2.45) is 0 Å². The lowest BCUT2D eigenvalue weighted by atomic mass is 10.0. The van der Waals surface area contributed by atoms with Crippen LogP contribution in [-0.4, -0.2) is 31.5 Å². The molecule has 0 radical (unpaired) electrons. The summed E-state index contributed by atoms with van der Waals surface area (Å²) in [6.07, 6.45) is -0.116. The molecule has 3 aromatic carbocycles. The molecule has 0 bridgehead atoms. The first-order chi connectivity index (χ1) is 15.5. The lowest BCUT2D eigenvalue weighted by Crippen LogP contribution is -2.31. The summed E-state index contributed by atoms with van der Waals surface area (Å²) in [7, 11) is 1.53. The molecule has 0 aliphatic heterocycles. The Balaban J connectivity index is 1.58. The minimum Gasteiger partial charge on any atom is -0.497 e. The number of hydrogen-bond donors (Lipinski definition) is 2. The standard InChI is InChI=1S/C25H24N2O5/c1-31-21-14-8-13-20(15-21)26-23(28)17-32-24(29)16-22(18-9-4-2-5-10-18)27-25(30)19-11-6-3-7-12-19/h2-15,22H,16-17H2,1H3,(H,26,28)(H,27,30)/t22-/m0/s1. The Hall–Kier alpha value is -4.13. The van der Waals surface area contributed by atoms with Gasteiger partial charge in [-0.25, -0.2) is 0 Å². The number of esters is 1. The fraction of sp³-hybridized carbons (Fsp3) is 0.160. The molecular weight excluding hydrogens is 408 g/mol. The fourth-order valence-electron chi connectivity index (χ4n) is 3.04. The second-order valence-corrected chi connectivity index (χ2v) is 6.95. The van der Waals surface area contributed by atoms with E-state index in [0.717, 1.165) is 5.56 Å². The second kappa shape index (κ2) is 11.3. The predicted molar refractivity (Wildman–Crippen MR) is 120 cm³/mol. The van der Waals surface area contributed by atoms with Crippen LogP contribution >= 0.6 is 0 Å². The first-order valence-electron chi connectivity index (χ1n) is 10.1. The van der Waals surface area contributed by atoms with Crippen LogP contribution in [0.25, 0.3) is 0 Å². The average molecular weight is 432 g/mol. The van der Waals surface area contributed by atoms with Gasteiger partial charge in [0.1, 0.15) is 5.75 Å². The van der Waals surface area contributed by atoms with Gasteiger partial charge in [0.2, 0.25) is 0 Å². The number of hydrogen-bond acceptors (Lipinski definition) is 5. The Labute approximate surface area is 186 Å². The van der Waals surface area contributed by atoms with Crippen LogP contribution < -0.4 is 15.4 Å². The van der Waals surface area contributed by atoms with Crippen LogP contribution in [0.1, 0.15) is 28.4 Å². The van der Waals surface area contributed by atoms with Gasteiger partial charge in [0.25, 0.3) is 11.8 Å². The first-order valence-corrected chi connectivity index (χ1v) is 10.1. The van der Waals surface area contributed by atoms with Crippen molar-refractivity contribution in [2.45, 2.75) is 12.5 Å². The van der Waals surface area contributed by atoms with Crippen molar-refractivity contribution in [3.8, 4) is 5.75 Å². The van der Waals surface area contributed by atoms with E-state index in [1.807, 2.05) is 36.4 Å². The molecule has 3 aromatic rings. The van der Waals surface area contributed by atoms with Crippen molar-refractivity contribution in [1.29, 1.82) is 0 Å². The predicted octanol–water partition coefficient (Wildman–Crippen LogP) is 3.74. The van der Waals surface area contributed by atoms with Crippen LogP contribution in [0.5, 0.6) is 5.75 Å². The van der Waals surface area contributed by atoms with Crippen molar-refractivity contribution >= 4 is 23.5 Å². The molecule has 2 N–H and O–H groups in total. The van der Waals surface area contributed by atoms with Gasteiger partial charge in [-0.3, -0.25) is 14.4 Å². The molecule has 0 fully saturated rings. The molecule has 0 aliphatic rings.